The summed E-state index contributed by atoms with van der Waals surface area (Å²) >= 11 is 0. The fraction of sp³-hybridized carbons (Fsp3) is 0.323. The van der Waals surface area contributed by atoms with E-state index in [4.69, 9.17) is 4.42 Å². The molecule has 11 rings (SSSR count). The van der Waals surface area contributed by atoms with Gasteiger partial charge in [-0.3, -0.25) is 0 Å². The van der Waals surface area contributed by atoms with Gasteiger partial charge in [0.1, 0.15) is 11.2 Å². The third kappa shape index (κ3) is 6.60. The molecule has 0 amide bonds. The maximum absolute atomic E-state index is 6.56. The van der Waals surface area contributed by atoms with Gasteiger partial charge in [0.2, 0.25) is 0 Å². The molecule has 0 saturated heterocycles. The van der Waals surface area contributed by atoms with Crippen molar-refractivity contribution in [2.75, 3.05) is 9.80 Å². The number of rotatable bonds is 3. The zero-order valence-corrected chi connectivity index (χ0v) is 41.5. The van der Waals surface area contributed by atoms with E-state index in [2.05, 4.69) is 233 Å². The Kier molecular flexibility index (Phi) is 9.21. The highest BCUT2D eigenvalue weighted by molar-refractivity contribution is 7.00. The monoisotopic (exact) mass is 865 g/mol. The van der Waals surface area contributed by atoms with E-state index in [0.29, 0.717) is 0 Å². The topological polar surface area (TPSA) is 19.6 Å². The summed E-state index contributed by atoms with van der Waals surface area (Å²) in [4.78, 5) is 5.23. The quantitative estimate of drug-likeness (QED) is 0.165. The predicted molar refractivity (Wildman–Crippen MR) is 285 cm³/mol. The number of furan rings is 1. The van der Waals surface area contributed by atoms with Gasteiger partial charge in [0.05, 0.1) is 0 Å². The van der Waals surface area contributed by atoms with Crippen LogP contribution in [0.3, 0.4) is 0 Å². The highest BCUT2D eigenvalue weighted by Crippen LogP contribution is 2.51. The van der Waals surface area contributed by atoms with Crippen LogP contribution < -0.4 is 26.2 Å². The molecule has 0 N–H and O–H groups in total. The molecule has 3 heterocycles. The lowest BCUT2D eigenvalue weighted by Gasteiger charge is -2.48. The third-order valence-corrected chi connectivity index (χ3v) is 15.6. The van der Waals surface area contributed by atoms with Crippen molar-refractivity contribution in [3.8, 4) is 11.1 Å². The second-order valence-corrected chi connectivity index (χ2v) is 24.2. The number of hydrogen-bond acceptors (Lipinski definition) is 3. The summed E-state index contributed by atoms with van der Waals surface area (Å²) in [5.41, 5.74) is 22.7. The number of benzene rings is 7. The van der Waals surface area contributed by atoms with Gasteiger partial charge in [-0.05, 0) is 144 Å². The number of fused-ring (bicyclic) bond motifs is 8. The molecule has 332 valence electrons. The van der Waals surface area contributed by atoms with Crippen LogP contribution in [0.5, 0.6) is 0 Å². The first-order valence-electron chi connectivity index (χ1n) is 24.3. The number of nitrogens with zero attached hydrogens (tertiary/aromatic N) is 2. The molecule has 0 bridgehead atoms. The first-order chi connectivity index (χ1) is 31.1. The largest absolute Gasteiger partial charge is 0.455 e. The van der Waals surface area contributed by atoms with Crippen molar-refractivity contribution in [1.82, 2.24) is 0 Å². The molecule has 0 atom stereocenters. The minimum absolute atomic E-state index is 0.0203. The maximum Gasteiger partial charge on any atom is 0.252 e. The molecule has 66 heavy (non-hydrogen) atoms. The Hall–Kier alpha value is -6.00. The van der Waals surface area contributed by atoms with Crippen molar-refractivity contribution >= 4 is 79.2 Å². The summed E-state index contributed by atoms with van der Waals surface area (Å²) < 4.78 is 6.56. The molecule has 0 spiro atoms. The van der Waals surface area contributed by atoms with Gasteiger partial charge in [-0.2, -0.15) is 0 Å². The Morgan fingerprint density at radius 1 is 0.470 bits per heavy atom. The summed E-state index contributed by atoms with van der Waals surface area (Å²) in [6, 6.07) is 51.4. The van der Waals surface area contributed by atoms with Crippen LogP contribution in [0.2, 0.25) is 0 Å². The van der Waals surface area contributed by atoms with Gasteiger partial charge in [-0.1, -0.05) is 169 Å². The van der Waals surface area contributed by atoms with Crippen molar-refractivity contribution in [2.24, 2.45) is 0 Å². The highest BCUT2D eigenvalue weighted by Gasteiger charge is 2.47. The predicted octanol–water partition coefficient (Wildman–Crippen LogP) is 15.6. The van der Waals surface area contributed by atoms with E-state index in [1.165, 1.54) is 79.1 Å². The molecular weight excluding hydrogens is 800 g/mol. The molecule has 1 aromatic heterocycles. The first kappa shape index (κ1) is 42.6. The average Bonchev–Trinajstić information content (AvgIpc) is 3.65. The van der Waals surface area contributed by atoms with Crippen LogP contribution >= 0.6 is 0 Å². The van der Waals surface area contributed by atoms with Gasteiger partial charge < -0.3 is 14.2 Å². The summed E-state index contributed by atoms with van der Waals surface area (Å²) in [5.74, 6) is 0. The van der Waals surface area contributed by atoms with Gasteiger partial charge in [0, 0.05) is 50.5 Å². The Morgan fingerprint density at radius 2 is 0.985 bits per heavy atom. The van der Waals surface area contributed by atoms with E-state index in [1.54, 1.807) is 0 Å². The maximum atomic E-state index is 6.56. The SMILES string of the molecule is CC(C)(C)c1ccc(N2c3cc(C(C)(C)C)ccc3B3c4cc5c(cc4N(c4ccc(-c6cccc7c6oc6ccccc67)cc4)c4cc(C(C)(C)C)cc2c43)C(C)(C)CCC5(C)C)cc1. The second-order valence-electron chi connectivity index (χ2n) is 24.2. The molecule has 2 aliphatic heterocycles. The smallest absolute Gasteiger partial charge is 0.252 e. The molecule has 0 radical (unpaired) electrons. The second kappa shape index (κ2) is 14.3. The van der Waals surface area contributed by atoms with Crippen LogP contribution in [0.15, 0.2) is 138 Å². The van der Waals surface area contributed by atoms with E-state index < -0.39 is 0 Å². The van der Waals surface area contributed by atoms with Gasteiger partial charge in [-0.25, -0.2) is 0 Å². The minimum atomic E-state index is -0.112. The number of para-hydroxylation sites is 2. The fourth-order valence-corrected chi connectivity index (χ4v) is 11.4. The van der Waals surface area contributed by atoms with Gasteiger partial charge in [-0.15, -0.1) is 0 Å². The van der Waals surface area contributed by atoms with E-state index in [0.717, 1.165) is 45.2 Å². The minimum Gasteiger partial charge on any atom is -0.455 e. The molecular formula is C62H65BN2O. The van der Waals surface area contributed by atoms with Crippen LogP contribution in [0, 0.1) is 0 Å². The molecule has 1 aliphatic carbocycles. The molecule has 8 aromatic rings. The van der Waals surface area contributed by atoms with E-state index in [1.807, 2.05) is 0 Å². The van der Waals surface area contributed by atoms with Crippen LogP contribution in [0.1, 0.15) is 131 Å². The zero-order chi connectivity index (χ0) is 46.5. The van der Waals surface area contributed by atoms with Crippen LogP contribution in [0.4, 0.5) is 34.1 Å². The zero-order valence-electron chi connectivity index (χ0n) is 41.5. The molecule has 3 nitrogen and oxygen atoms in total. The first-order valence-corrected chi connectivity index (χ1v) is 24.3. The third-order valence-electron chi connectivity index (χ3n) is 15.6. The highest BCUT2D eigenvalue weighted by atomic mass is 16.3. The van der Waals surface area contributed by atoms with Gasteiger partial charge in [0.25, 0.3) is 6.71 Å². The summed E-state index contributed by atoms with van der Waals surface area (Å²) in [6.07, 6.45) is 2.33. The number of anilines is 6. The van der Waals surface area contributed by atoms with Crippen molar-refractivity contribution in [3.63, 3.8) is 0 Å². The van der Waals surface area contributed by atoms with Crippen molar-refractivity contribution in [1.29, 1.82) is 0 Å². The standard InChI is InChI=1S/C62H65BN2O/c1-58(2,3)39-23-28-43(29-24-39)64-51-33-40(59(4,5)6)25-30-49(51)63-50-36-47-48(62(12,13)32-31-61(47,10)11)37-52(50)65(54-35-41(60(7,8)9)34-53(64)56(54)63)42-26-21-38(22-27-42)44-18-16-19-46-45-17-14-15-20-55(45)66-57(44)46/h14-30,33-37H,31-32H2,1-13H3. The van der Waals surface area contributed by atoms with Gasteiger partial charge in [0.15, 0.2) is 0 Å². The Morgan fingerprint density at radius 3 is 1.59 bits per heavy atom. The Bertz CT molecular complexity index is 3250. The molecule has 0 unspecified atom stereocenters. The Labute approximate surface area is 393 Å². The molecule has 0 fully saturated rings. The lowest BCUT2D eigenvalue weighted by atomic mass is 9.33. The number of hydrogen-bond donors (Lipinski definition) is 0. The van der Waals surface area contributed by atoms with Crippen LogP contribution in [0.25, 0.3) is 33.1 Å². The molecule has 0 saturated carbocycles. The summed E-state index contributed by atoms with van der Waals surface area (Å²) in [7, 11) is 0. The van der Waals surface area contributed by atoms with Crippen LogP contribution in [-0.4, -0.2) is 6.71 Å². The van der Waals surface area contributed by atoms with E-state index in [-0.39, 0.29) is 33.8 Å². The lowest BCUT2D eigenvalue weighted by molar-refractivity contribution is 0.332. The normalized spacial score (nSPS) is 16.3. The lowest BCUT2D eigenvalue weighted by Crippen LogP contribution is -2.62. The molecule has 3 aliphatic rings. The van der Waals surface area contributed by atoms with E-state index in [9.17, 15) is 0 Å². The Balaban J connectivity index is 1.20. The van der Waals surface area contributed by atoms with E-state index >= 15 is 0 Å². The van der Waals surface area contributed by atoms with Crippen LogP contribution in [-0.2, 0) is 27.1 Å². The van der Waals surface area contributed by atoms with Crippen molar-refractivity contribution in [2.45, 2.75) is 130 Å². The van der Waals surface area contributed by atoms with Crippen molar-refractivity contribution in [3.05, 3.63) is 161 Å². The average molecular weight is 865 g/mol. The summed E-state index contributed by atoms with van der Waals surface area (Å²) in [5, 5.41) is 2.30. The molecule has 7 aromatic carbocycles. The summed E-state index contributed by atoms with van der Waals surface area (Å²) in [6.45, 7) is 31.0. The molecule has 4 heteroatoms. The van der Waals surface area contributed by atoms with Crippen molar-refractivity contribution < 1.29 is 4.42 Å². The fourth-order valence-electron chi connectivity index (χ4n) is 11.4. The van der Waals surface area contributed by atoms with Gasteiger partial charge >= 0.3 is 0 Å².